The molecule has 0 aliphatic carbocycles. The second-order valence-corrected chi connectivity index (χ2v) is 3.98. The fourth-order valence-electron chi connectivity index (χ4n) is 1.99. The van der Waals surface area contributed by atoms with Crippen molar-refractivity contribution in [3.05, 3.63) is 35.7 Å². The maximum atomic E-state index is 4.05. The summed E-state index contributed by atoms with van der Waals surface area (Å²) in [7, 11) is 0. The first-order chi connectivity index (χ1) is 7.27. The fraction of sp³-hybridized carbons (Fsp3) is 0.571. The van der Waals surface area contributed by atoms with Crippen LogP contribution in [0.25, 0.3) is 0 Å². The predicted molar refractivity (Wildman–Crippen MR) is 67.5 cm³/mol. The summed E-state index contributed by atoms with van der Waals surface area (Å²) in [5.41, 5.74) is 3.96. The van der Waals surface area contributed by atoms with Crippen LogP contribution < -0.4 is 0 Å². The van der Waals surface area contributed by atoms with E-state index in [9.17, 15) is 0 Å². The number of nitrogens with zero attached hydrogens (tertiary/aromatic N) is 1. The van der Waals surface area contributed by atoms with Crippen LogP contribution in [0, 0.1) is 0 Å². The molecule has 0 bridgehead atoms. The van der Waals surface area contributed by atoms with E-state index in [4.69, 9.17) is 0 Å². The maximum absolute atomic E-state index is 4.05. The van der Waals surface area contributed by atoms with Gasteiger partial charge in [-0.25, -0.2) is 0 Å². The van der Waals surface area contributed by atoms with Gasteiger partial charge in [0.1, 0.15) is 0 Å². The Morgan fingerprint density at radius 3 is 2.67 bits per heavy atom. The van der Waals surface area contributed by atoms with Crippen LogP contribution in [0.3, 0.4) is 0 Å². The lowest BCUT2D eigenvalue weighted by atomic mass is 10.0. The fourth-order valence-corrected chi connectivity index (χ4v) is 1.99. The molecule has 0 atom stereocenters. The molecule has 2 aliphatic rings. The van der Waals surface area contributed by atoms with E-state index >= 15 is 0 Å². The first-order valence-corrected chi connectivity index (χ1v) is 6.12. The molecule has 0 aromatic rings. The summed E-state index contributed by atoms with van der Waals surface area (Å²) in [6.07, 6.45) is 9.76. The van der Waals surface area contributed by atoms with Crippen LogP contribution in [0.5, 0.6) is 0 Å². The van der Waals surface area contributed by atoms with Crippen molar-refractivity contribution in [1.29, 1.82) is 0 Å². The largest absolute Gasteiger partial charge is 0.351 e. The van der Waals surface area contributed by atoms with Gasteiger partial charge in [-0.3, -0.25) is 0 Å². The van der Waals surface area contributed by atoms with Gasteiger partial charge in [0.25, 0.3) is 0 Å². The minimum absolute atomic E-state index is 1.19. The molecule has 0 radical (unpaired) electrons. The predicted octanol–water partition coefficient (Wildman–Crippen LogP) is 4.25. The van der Waals surface area contributed by atoms with Gasteiger partial charge in [0.05, 0.1) is 0 Å². The summed E-state index contributed by atoms with van der Waals surface area (Å²) in [4.78, 5) is 2.40. The van der Waals surface area contributed by atoms with Crippen molar-refractivity contribution in [2.75, 3.05) is 6.54 Å². The van der Waals surface area contributed by atoms with Crippen molar-refractivity contribution in [2.45, 2.75) is 46.5 Å². The molecule has 0 unspecified atom stereocenters. The molecule has 0 saturated carbocycles. The molecule has 15 heavy (non-hydrogen) atoms. The van der Waals surface area contributed by atoms with Gasteiger partial charge in [-0.1, -0.05) is 26.8 Å². The number of fused-ring (bicyclic) bond motifs is 1. The Morgan fingerprint density at radius 2 is 1.93 bits per heavy atom. The third kappa shape index (κ3) is 2.98. The second-order valence-electron chi connectivity index (χ2n) is 3.98. The van der Waals surface area contributed by atoms with Gasteiger partial charge in [-0.2, -0.15) is 0 Å². The maximum Gasteiger partial charge on any atom is 0.0222 e. The third-order valence-corrected chi connectivity index (χ3v) is 2.90. The average Bonchev–Trinajstić information content (AvgIpc) is 2.47. The summed E-state index contributed by atoms with van der Waals surface area (Å²) in [6.45, 7) is 11.4. The van der Waals surface area contributed by atoms with E-state index < -0.39 is 0 Å². The van der Waals surface area contributed by atoms with Gasteiger partial charge >= 0.3 is 0 Å². The Hall–Kier alpha value is -0.980. The summed E-state index contributed by atoms with van der Waals surface area (Å²) in [5.74, 6) is 0. The van der Waals surface area contributed by atoms with E-state index in [-0.39, 0.29) is 0 Å². The monoisotopic (exact) mass is 205 g/mol. The summed E-state index contributed by atoms with van der Waals surface area (Å²) >= 11 is 0. The summed E-state index contributed by atoms with van der Waals surface area (Å²) in [5, 5.41) is 0. The normalized spacial score (nSPS) is 20.5. The van der Waals surface area contributed by atoms with Gasteiger partial charge in [0.15, 0.2) is 0 Å². The Balaban J connectivity index is 0.000000531. The van der Waals surface area contributed by atoms with Crippen molar-refractivity contribution in [2.24, 2.45) is 0 Å². The van der Waals surface area contributed by atoms with Crippen molar-refractivity contribution in [3.63, 3.8) is 0 Å². The molecule has 0 amide bonds. The zero-order chi connectivity index (χ0) is 11.3. The Bertz CT molecular complexity index is 284. The minimum atomic E-state index is 1.19. The van der Waals surface area contributed by atoms with E-state index in [0.717, 1.165) is 0 Å². The lowest BCUT2D eigenvalue weighted by Gasteiger charge is -2.26. The highest BCUT2D eigenvalue weighted by Gasteiger charge is 2.15. The third-order valence-electron chi connectivity index (χ3n) is 2.90. The molecule has 0 aromatic heterocycles. The standard InChI is InChI=1S/C12H17N.C2H6/c1-10-8-12-6-4-3-5-7-13(12)9-11(10)2;1-2/h8-9H,1,3-7H2,2H3;1-2H3. The zero-order valence-electron chi connectivity index (χ0n) is 10.3. The molecule has 84 valence electrons. The summed E-state index contributed by atoms with van der Waals surface area (Å²) < 4.78 is 0. The number of hydrogen-bond acceptors (Lipinski definition) is 1. The van der Waals surface area contributed by atoms with Gasteiger partial charge in [0.2, 0.25) is 0 Å². The lowest BCUT2D eigenvalue weighted by molar-refractivity contribution is 0.455. The highest BCUT2D eigenvalue weighted by atomic mass is 15.1. The van der Waals surface area contributed by atoms with E-state index in [2.05, 4.69) is 30.7 Å². The van der Waals surface area contributed by atoms with Crippen LogP contribution in [0.4, 0.5) is 0 Å². The first kappa shape index (κ1) is 12.1. The zero-order valence-corrected chi connectivity index (χ0v) is 10.3. The van der Waals surface area contributed by atoms with Crippen molar-refractivity contribution < 1.29 is 0 Å². The smallest absolute Gasteiger partial charge is 0.0222 e. The highest BCUT2D eigenvalue weighted by molar-refractivity contribution is 5.41. The van der Waals surface area contributed by atoms with Crippen molar-refractivity contribution >= 4 is 0 Å². The summed E-state index contributed by atoms with van der Waals surface area (Å²) in [6, 6.07) is 0. The molecule has 1 heteroatoms. The first-order valence-electron chi connectivity index (χ1n) is 6.12. The SMILES string of the molecule is C=C1C=C2CCCCCN2C=C1C.CC. The van der Waals surface area contributed by atoms with E-state index in [1.165, 1.54) is 49.1 Å². The Labute approximate surface area is 94.2 Å². The Morgan fingerprint density at radius 1 is 1.20 bits per heavy atom. The van der Waals surface area contributed by atoms with Crippen LogP contribution in [0.1, 0.15) is 46.5 Å². The molecule has 1 nitrogen and oxygen atoms in total. The highest BCUT2D eigenvalue weighted by Crippen LogP contribution is 2.27. The number of hydrogen-bond donors (Lipinski definition) is 0. The molecule has 1 saturated heterocycles. The molecular weight excluding hydrogens is 182 g/mol. The van der Waals surface area contributed by atoms with E-state index in [0.29, 0.717) is 0 Å². The van der Waals surface area contributed by atoms with Crippen LogP contribution in [0.2, 0.25) is 0 Å². The molecule has 2 heterocycles. The van der Waals surface area contributed by atoms with E-state index in [1.807, 2.05) is 13.8 Å². The average molecular weight is 205 g/mol. The number of allylic oxidation sites excluding steroid dienone is 4. The van der Waals surface area contributed by atoms with Crippen LogP contribution in [0.15, 0.2) is 35.7 Å². The van der Waals surface area contributed by atoms with Gasteiger partial charge < -0.3 is 4.90 Å². The number of rotatable bonds is 0. The molecule has 0 N–H and O–H groups in total. The second kappa shape index (κ2) is 5.79. The van der Waals surface area contributed by atoms with Crippen LogP contribution in [-0.4, -0.2) is 11.4 Å². The van der Waals surface area contributed by atoms with Crippen LogP contribution in [-0.2, 0) is 0 Å². The van der Waals surface area contributed by atoms with Gasteiger partial charge in [0, 0.05) is 18.4 Å². The van der Waals surface area contributed by atoms with Gasteiger partial charge in [-0.15, -0.1) is 0 Å². The molecule has 2 aliphatic heterocycles. The molecule has 0 spiro atoms. The lowest BCUT2D eigenvalue weighted by Crippen LogP contribution is -2.19. The quantitative estimate of drug-likeness (QED) is 0.571. The van der Waals surface area contributed by atoms with Crippen LogP contribution >= 0.6 is 0 Å². The van der Waals surface area contributed by atoms with Crippen molar-refractivity contribution in [1.82, 2.24) is 4.90 Å². The van der Waals surface area contributed by atoms with Gasteiger partial charge in [-0.05, 0) is 43.4 Å². The molecular formula is C14H23N. The topological polar surface area (TPSA) is 3.24 Å². The van der Waals surface area contributed by atoms with E-state index in [1.54, 1.807) is 0 Å². The molecule has 2 rings (SSSR count). The molecule has 0 aromatic carbocycles. The van der Waals surface area contributed by atoms with Crippen molar-refractivity contribution in [3.8, 4) is 0 Å². The molecule has 1 fully saturated rings. The minimum Gasteiger partial charge on any atom is -0.351 e. The Kier molecular flexibility index (Phi) is 4.67.